The van der Waals surface area contributed by atoms with Crippen molar-refractivity contribution in [1.82, 2.24) is 10.2 Å². The number of benzene rings is 1. The highest BCUT2D eigenvalue weighted by Gasteiger charge is 2.40. The maximum atomic E-state index is 13.8. The van der Waals surface area contributed by atoms with Crippen LogP contribution in [0.4, 0.5) is 4.39 Å². The summed E-state index contributed by atoms with van der Waals surface area (Å²) in [5.74, 6) is -1.40. The van der Waals surface area contributed by atoms with Crippen molar-refractivity contribution in [3.63, 3.8) is 0 Å². The van der Waals surface area contributed by atoms with E-state index in [4.69, 9.17) is 0 Å². The zero-order valence-electron chi connectivity index (χ0n) is 12.5. The standard InChI is InChI=1S/C16H17FN2O3/c1-8(2)11-6-10(17)5-9-7-19(16(22)14(9)11)12-3-4-13(20)18-15(12)21/h5-6,8,12H,3-4,7H2,1-2H3,(H,18,20,21). The molecule has 2 aliphatic heterocycles. The number of hydrogen-bond donors (Lipinski definition) is 1. The fourth-order valence-electron chi connectivity index (χ4n) is 3.16. The normalized spacial score (nSPS) is 21.4. The van der Waals surface area contributed by atoms with Crippen LogP contribution < -0.4 is 5.32 Å². The zero-order chi connectivity index (χ0) is 16.0. The highest BCUT2D eigenvalue weighted by molar-refractivity contribution is 6.06. The van der Waals surface area contributed by atoms with E-state index in [1.54, 1.807) is 0 Å². The summed E-state index contributed by atoms with van der Waals surface area (Å²) in [7, 11) is 0. The fraction of sp³-hybridized carbons (Fsp3) is 0.438. The monoisotopic (exact) mass is 304 g/mol. The summed E-state index contributed by atoms with van der Waals surface area (Å²) in [4.78, 5) is 37.4. The van der Waals surface area contributed by atoms with Crippen LogP contribution in [-0.2, 0) is 16.1 Å². The first-order valence-electron chi connectivity index (χ1n) is 7.35. The molecule has 1 aromatic rings. The predicted octanol–water partition coefficient (Wildman–Crippen LogP) is 1.71. The third-order valence-corrected chi connectivity index (χ3v) is 4.24. The zero-order valence-corrected chi connectivity index (χ0v) is 12.5. The van der Waals surface area contributed by atoms with Crippen LogP contribution in [0.2, 0.25) is 0 Å². The molecule has 1 atom stereocenters. The molecule has 6 heteroatoms. The van der Waals surface area contributed by atoms with E-state index in [0.717, 1.165) is 0 Å². The van der Waals surface area contributed by atoms with Gasteiger partial charge in [-0.15, -0.1) is 0 Å². The Morgan fingerprint density at radius 3 is 2.64 bits per heavy atom. The Balaban J connectivity index is 1.96. The van der Waals surface area contributed by atoms with Gasteiger partial charge in [0, 0.05) is 18.5 Å². The van der Waals surface area contributed by atoms with Gasteiger partial charge in [0.2, 0.25) is 11.8 Å². The lowest BCUT2D eigenvalue weighted by Crippen LogP contribution is -2.52. The van der Waals surface area contributed by atoms with Crippen LogP contribution in [0.15, 0.2) is 12.1 Å². The minimum atomic E-state index is -0.666. The summed E-state index contributed by atoms with van der Waals surface area (Å²) in [5.41, 5.74) is 1.77. The molecule has 3 amide bonds. The number of rotatable bonds is 2. The summed E-state index contributed by atoms with van der Waals surface area (Å²) in [5, 5.41) is 2.26. The van der Waals surface area contributed by atoms with Crippen molar-refractivity contribution in [3.8, 4) is 0 Å². The van der Waals surface area contributed by atoms with Crippen molar-refractivity contribution in [2.24, 2.45) is 0 Å². The molecule has 0 aromatic heterocycles. The number of piperidine rings is 1. The van der Waals surface area contributed by atoms with E-state index in [0.29, 0.717) is 23.1 Å². The molecule has 116 valence electrons. The fourth-order valence-corrected chi connectivity index (χ4v) is 3.16. The first-order valence-corrected chi connectivity index (χ1v) is 7.35. The third kappa shape index (κ3) is 2.28. The summed E-state index contributed by atoms with van der Waals surface area (Å²) in [6.07, 6.45) is 0.520. The van der Waals surface area contributed by atoms with E-state index >= 15 is 0 Å². The molecule has 0 saturated carbocycles. The van der Waals surface area contributed by atoms with E-state index in [9.17, 15) is 18.8 Å². The number of fused-ring (bicyclic) bond motifs is 1. The Kier molecular flexibility index (Phi) is 3.47. The number of nitrogens with zero attached hydrogens (tertiary/aromatic N) is 1. The first-order chi connectivity index (χ1) is 10.4. The molecular formula is C16H17FN2O3. The number of nitrogens with one attached hydrogen (secondary N) is 1. The summed E-state index contributed by atoms with van der Waals surface area (Å²) in [6, 6.07) is 2.07. The van der Waals surface area contributed by atoms with Gasteiger partial charge >= 0.3 is 0 Å². The van der Waals surface area contributed by atoms with E-state index in [1.165, 1.54) is 17.0 Å². The van der Waals surface area contributed by atoms with Crippen molar-refractivity contribution in [2.45, 2.75) is 45.2 Å². The van der Waals surface area contributed by atoms with Gasteiger partial charge in [-0.25, -0.2) is 4.39 Å². The summed E-state index contributed by atoms with van der Waals surface area (Å²) in [6.45, 7) is 4.01. The SMILES string of the molecule is CC(C)c1cc(F)cc2c1C(=O)N(C1CCC(=O)NC1=O)C2. The van der Waals surface area contributed by atoms with Gasteiger partial charge in [0.1, 0.15) is 11.9 Å². The maximum absolute atomic E-state index is 13.8. The number of hydrogen-bond acceptors (Lipinski definition) is 3. The van der Waals surface area contributed by atoms with Gasteiger partial charge in [-0.2, -0.15) is 0 Å². The van der Waals surface area contributed by atoms with E-state index in [2.05, 4.69) is 5.32 Å². The lowest BCUT2D eigenvalue weighted by Gasteiger charge is -2.29. The van der Waals surface area contributed by atoms with Crippen LogP contribution in [0, 0.1) is 5.82 Å². The molecule has 5 nitrogen and oxygen atoms in total. The minimum absolute atomic E-state index is 0.00936. The van der Waals surface area contributed by atoms with Crippen molar-refractivity contribution >= 4 is 17.7 Å². The van der Waals surface area contributed by atoms with Crippen molar-refractivity contribution < 1.29 is 18.8 Å². The molecule has 1 N–H and O–H groups in total. The molecule has 3 rings (SSSR count). The molecular weight excluding hydrogens is 287 g/mol. The average molecular weight is 304 g/mol. The Morgan fingerprint density at radius 2 is 2.00 bits per heavy atom. The van der Waals surface area contributed by atoms with Crippen LogP contribution in [0.3, 0.4) is 0 Å². The van der Waals surface area contributed by atoms with Gasteiger partial charge in [0.05, 0.1) is 0 Å². The van der Waals surface area contributed by atoms with Gasteiger partial charge < -0.3 is 4.90 Å². The second-order valence-corrected chi connectivity index (χ2v) is 6.08. The molecule has 1 unspecified atom stereocenters. The second kappa shape index (κ2) is 5.19. The van der Waals surface area contributed by atoms with Gasteiger partial charge in [-0.05, 0) is 35.6 Å². The molecule has 1 saturated heterocycles. The van der Waals surface area contributed by atoms with E-state index in [1.807, 2.05) is 13.8 Å². The van der Waals surface area contributed by atoms with E-state index < -0.39 is 11.9 Å². The van der Waals surface area contributed by atoms with Crippen LogP contribution in [-0.4, -0.2) is 28.7 Å². The first kappa shape index (κ1) is 14.7. The molecule has 2 aliphatic rings. The van der Waals surface area contributed by atoms with E-state index in [-0.39, 0.29) is 36.5 Å². The van der Waals surface area contributed by atoms with Gasteiger partial charge in [-0.3, -0.25) is 19.7 Å². The van der Waals surface area contributed by atoms with Crippen molar-refractivity contribution in [2.75, 3.05) is 0 Å². The maximum Gasteiger partial charge on any atom is 0.255 e. The Hall–Kier alpha value is -2.24. The number of carbonyl (C=O) groups excluding carboxylic acids is 3. The lowest BCUT2D eigenvalue weighted by atomic mass is 9.94. The molecule has 1 aromatic carbocycles. The molecule has 0 aliphatic carbocycles. The Morgan fingerprint density at radius 1 is 1.27 bits per heavy atom. The molecule has 1 fully saturated rings. The average Bonchev–Trinajstić information content (AvgIpc) is 2.74. The lowest BCUT2D eigenvalue weighted by molar-refractivity contribution is -0.136. The number of imide groups is 1. The third-order valence-electron chi connectivity index (χ3n) is 4.24. The highest BCUT2D eigenvalue weighted by atomic mass is 19.1. The second-order valence-electron chi connectivity index (χ2n) is 6.08. The molecule has 2 heterocycles. The minimum Gasteiger partial charge on any atom is -0.322 e. The van der Waals surface area contributed by atoms with Gasteiger partial charge in [0.15, 0.2) is 0 Å². The van der Waals surface area contributed by atoms with Crippen molar-refractivity contribution in [1.29, 1.82) is 0 Å². The highest BCUT2D eigenvalue weighted by Crippen LogP contribution is 2.33. The molecule has 0 bridgehead atoms. The van der Waals surface area contributed by atoms with Crippen molar-refractivity contribution in [3.05, 3.63) is 34.6 Å². The summed E-state index contributed by atoms with van der Waals surface area (Å²) >= 11 is 0. The van der Waals surface area contributed by atoms with Gasteiger partial charge in [0.25, 0.3) is 5.91 Å². The van der Waals surface area contributed by atoms with Crippen LogP contribution >= 0.6 is 0 Å². The Labute approximate surface area is 127 Å². The quantitative estimate of drug-likeness (QED) is 0.846. The molecule has 0 radical (unpaired) electrons. The van der Waals surface area contributed by atoms with Gasteiger partial charge in [-0.1, -0.05) is 13.8 Å². The number of carbonyl (C=O) groups is 3. The van der Waals surface area contributed by atoms with Crippen LogP contribution in [0.1, 0.15) is 54.1 Å². The number of halogens is 1. The van der Waals surface area contributed by atoms with Crippen LogP contribution in [0.5, 0.6) is 0 Å². The smallest absolute Gasteiger partial charge is 0.255 e. The number of amides is 3. The largest absolute Gasteiger partial charge is 0.322 e. The van der Waals surface area contributed by atoms with Crippen LogP contribution in [0.25, 0.3) is 0 Å². The predicted molar refractivity (Wildman–Crippen MR) is 76.5 cm³/mol. The topological polar surface area (TPSA) is 66.5 Å². The summed E-state index contributed by atoms with van der Waals surface area (Å²) < 4.78 is 13.8. The molecule has 0 spiro atoms. The molecule has 22 heavy (non-hydrogen) atoms. The Bertz CT molecular complexity index is 684.